The van der Waals surface area contributed by atoms with Crippen LogP contribution in [0.3, 0.4) is 0 Å². The van der Waals surface area contributed by atoms with Crippen molar-refractivity contribution in [2.24, 2.45) is 0 Å². The van der Waals surface area contributed by atoms with Gasteiger partial charge in [-0.25, -0.2) is 4.98 Å². The number of nitrogen functional groups attached to an aromatic ring is 1. The molecule has 0 aliphatic carbocycles. The third-order valence-electron chi connectivity index (χ3n) is 2.56. The van der Waals surface area contributed by atoms with Crippen LogP contribution in [0.5, 0.6) is 5.75 Å². The second-order valence-corrected chi connectivity index (χ2v) is 3.79. The normalized spacial score (nSPS) is 12.1. The lowest BCUT2D eigenvalue weighted by Gasteiger charge is -2.15. The van der Waals surface area contributed by atoms with Crippen LogP contribution in [-0.2, 0) is 0 Å². The third kappa shape index (κ3) is 2.50. The SMILES string of the molecule is COc1ccc(NC(C)c2ncc[nH]2)c(N)c1. The van der Waals surface area contributed by atoms with Gasteiger partial charge in [0, 0.05) is 18.5 Å². The Hall–Kier alpha value is -2.17. The molecule has 90 valence electrons. The summed E-state index contributed by atoms with van der Waals surface area (Å²) in [5.74, 6) is 1.62. The Balaban J connectivity index is 2.13. The molecule has 1 aromatic heterocycles. The van der Waals surface area contributed by atoms with E-state index in [1.165, 1.54) is 0 Å². The smallest absolute Gasteiger partial charge is 0.128 e. The number of ether oxygens (including phenoxy) is 1. The topological polar surface area (TPSA) is 76.0 Å². The van der Waals surface area contributed by atoms with E-state index in [4.69, 9.17) is 10.5 Å². The van der Waals surface area contributed by atoms with Crippen LogP contribution >= 0.6 is 0 Å². The molecule has 17 heavy (non-hydrogen) atoms. The number of anilines is 2. The molecule has 0 saturated heterocycles. The Kier molecular flexibility index (Phi) is 3.18. The van der Waals surface area contributed by atoms with Crippen LogP contribution in [0.15, 0.2) is 30.6 Å². The lowest BCUT2D eigenvalue weighted by atomic mass is 10.2. The highest BCUT2D eigenvalue weighted by Crippen LogP contribution is 2.26. The van der Waals surface area contributed by atoms with Crippen LogP contribution in [0.1, 0.15) is 18.8 Å². The first-order chi connectivity index (χ1) is 8.20. The minimum atomic E-state index is 0.0701. The zero-order valence-corrected chi connectivity index (χ0v) is 9.90. The van der Waals surface area contributed by atoms with Gasteiger partial charge < -0.3 is 20.8 Å². The van der Waals surface area contributed by atoms with E-state index in [1.807, 2.05) is 19.1 Å². The summed E-state index contributed by atoms with van der Waals surface area (Å²) in [5.41, 5.74) is 7.45. The van der Waals surface area contributed by atoms with Gasteiger partial charge in [-0.15, -0.1) is 0 Å². The average Bonchev–Trinajstić information content (AvgIpc) is 2.85. The van der Waals surface area contributed by atoms with Gasteiger partial charge in [-0.3, -0.25) is 0 Å². The number of rotatable bonds is 4. The Labute approximate surface area is 100 Å². The summed E-state index contributed by atoms with van der Waals surface area (Å²) < 4.78 is 5.10. The molecule has 0 aliphatic heterocycles. The maximum Gasteiger partial charge on any atom is 0.128 e. The van der Waals surface area contributed by atoms with Crippen LogP contribution in [-0.4, -0.2) is 17.1 Å². The maximum absolute atomic E-state index is 5.93. The van der Waals surface area contributed by atoms with Crippen molar-refractivity contribution in [3.8, 4) is 5.75 Å². The summed E-state index contributed by atoms with van der Waals surface area (Å²) >= 11 is 0. The summed E-state index contributed by atoms with van der Waals surface area (Å²) in [5, 5.41) is 3.29. The van der Waals surface area contributed by atoms with E-state index in [1.54, 1.807) is 25.6 Å². The maximum atomic E-state index is 5.93. The number of nitrogens with zero attached hydrogens (tertiary/aromatic N) is 1. The van der Waals surface area contributed by atoms with Gasteiger partial charge in [0.25, 0.3) is 0 Å². The molecule has 0 amide bonds. The zero-order valence-electron chi connectivity index (χ0n) is 9.90. The van der Waals surface area contributed by atoms with Gasteiger partial charge in [-0.05, 0) is 19.1 Å². The fourth-order valence-electron chi connectivity index (χ4n) is 1.62. The number of aromatic amines is 1. The third-order valence-corrected chi connectivity index (χ3v) is 2.56. The number of benzene rings is 1. The number of methoxy groups -OCH3 is 1. The van der Waals surface area contributed by atoms with E-state index in [-0.39, 0.29) is 6.04 Å². The molecule has 0 fully saturated rings. The van der Waals surface area contributed by atoms with Gasteiger partial charge in [0.05, 0.1) is 24.5 Å². The molecule has 2 rings (SSSR count). The molecule has 0 saturated carbocycles. The van der Waals surface area contributed by atoms with Crippen molar-refractivity contribution >= 4 is 11.4 Å². The monoisotopic (exact) mass is 232 g/mol. The molecule has 4 N–H and O–H groups in total. The van der Waals surface area contributed by atoms with Crippen molar-refractivity contribution in [1.29, 1.82) is 0 Å². The summed E-state index contributed by atoms with van der Waals surface area (Å²) in [4.78, 5) is 7.25. The number of imidazole rings is 1. The second-order valence-electron chi connectivity index (χ2n) is 3.79. The van der Waals surface area contributed by atoms with Crippen LogP contribution in [0, 0.1) is 0 Å². The number of H-pyrrole nitrogens is 1. The Morgan fingerprint density at radius 3 is 2.88 bits per heavy atom. The minimum Gasteiger partial charge on any atom is -0.497 e. The fourth-order valence-corrected chi connectivity index (χ4v) is 1.62. The first kappa shape index (κ1) is 11.3. The van der Waals surface area contributed by atoms with Gasteiger partial charge in [-0.1, -0.05) is 0 Å². The lowest BCUT2D eigenvalue weighted by Crippen LogP contribution is -2.09. The van der Waals surface area contributed by atoms with Crippen molar-refractivity contribution in [2.75, 3.05) is 18.2 Å². The first-order valence-electron chi connectivity index (χ1n) is 5.40. The number of aromatic nitrogens is 2. The van der Waals surface area contributed by atoms with Crippen molar-refractivity contribution in [3.05, 3.63) is 36.4 Å². The number of nitrogens with one attached hydrogen (secondary N) is 2. The highest BCUT2D eigenvalue weighted by Gasteiger charge is 2.09. The summed E-state index contributed by atoms with van der Waals surface area (Å²) in [6.07, 6.45) is 3.52. The summed E-state index contributed by atoms with van der Waals surface area (Å²) in [6.45, 7) is 2.02. The molecule has 1 unspecified atom stereocenters. The van der Waals surface area contributed by atoms with Gasteiger partial charge in [-0.2, -0.15) is 0 Å². The molecule has 1 atom stereocenters. The van der Waals surface area contributed by atoms with Crippen molar-refractivity contribution in [3.63, 3.8) is 0 Å². The van der Waals surface area contributed by atoms with Gasteiger partial charge >= 0.3 is 0 Å². The molecule has 5 nitrogen and oxygen atoms in total. The first-order valence-corrected chi connectivity index (χ1v) is 5.40. The number of hydrogen-bond acceptors (Lipinski definition) is 4. The van der Waals surface area contributed by atoms with Crippen molar-refractivity contribution in [2.45, 2.75) is 13.0 Å². The Bertz CT molecular complexity index is 481. The second kappa shape index (κ2) is 4.78. The van der Waals surface area contributed by atoms with E-state index in [0.717, 1.165) is 17.3 Å². The Morgan fingerprint density at radius 1 is 1.47 bits per heavy atom. The lowest BCUT2D eigenvalue weighted by molar-refractivity contribution is 0.415. The summed E-state index contributed by atoms with van der Waals surface area (Å²) in [7, 11) is 1.62. The van der Waals surface area contributed by atoms with Crippen molar-refractivity contribution in [1.82, 2.24) is 9.97 Å². The van der Waals surface area contributed by atoms with Crippen molar-refractivity contribution < 1.29 is 4.74 Å². The van der Waals surface area contributed by atoms with E-state index in [9.17, 15) is 0 Å². The average molecular weight is 232 g/mol. The molecule has 0 spiro atoms. The molecular formula is C12H16N4O. The minimum absolute atomic E-state index is 0.0701. The quantitative estimate of drug-likeness (QED) is 0.706. The molecule has 5 heteroatoms. The summed E-state index contributed by atoms with van der Waals surface area (Å²) in [6, 6.07) is 5.62. The Morgan fingerprint density at radius 2 is 2.29 bits per heavy atom. The predicted molar refractivity (Wildman–Crippen MR) is 68.0 cm³/mol. The van der Waals surface area contributed by atoms with Crippen LogP contribution < -0.4 is 15.8 Å². The molecule has 0 bridgehead atoms. The van der Waals surface area contributed by atoms with E-state index in [2.05, 4.69) is 15.3 Å². The number of nitrogens with two attached hydrogens (primary N) is 1. The van der Waals surface area contributed by atoms with Crippen LogP contribution in [0.4, 0.5) is 11.4 Å². The van der Waals surface area contributed by atoms with E-state index >= 15 is 0 Å². The van der Waals surface area contributed by atoms with Crippen LogP contribution in [0.25, 0.3) is 0 Å². The molecule has 0 aliphatic rings. The van der Waals surface area contributed by atoms with Gasteiger partial charge in [0.2, 0.25) is 0 Å². The predicted octanol–water partition coefficient (Wildman–Crippen LogP) is 2.17. The largest absolute Gasteiger partial charge is 0.497 e. The fraction of sp³-hybridized carbons (Fsp3) is 0.250. The number of hydrogen-bond donors (Lipinski definition) is 3. The highest BCUT2D eigenvalue weighted by molar-refractivity contribution is 5.68. The molecular weight excluding hydrogens is 216 g/mol. The molecule has 1 heterocycles. The molecule has 0 radical (unpaired) electrons. The molecule has 1 aromatic carbocycles. The van der Waals surface area contributed by atoms with E-state index < -0.39 is 0 Å². The highest BCUT2D eigenvalue weighted by atomic mass is 16.5. The van der Waals surface area contributed by atoms with Gasteiger partial charge in [0.15, 0.2) is 0 Å². The van der Waals surface area contributed by atoms with Crippen LogP contribution in [0.2, 0.25) is 0 Å². The van der Waals surface area contributed by atoms with Gasteiger partial charge in [0.1, 0.15) is 11.6 Å². The zero-order chi connectivity index (χ0) is 12.3. The standard InChI is InChI=1S/C12H16N4O/c1-8(12-14-5-6-15-12)16-11-4-3-9(17-2)7-10(11)13/h3-8,16H,13H2,1-2H3,(H,14,15). The van der Waals surface area contributed by atoms with E-state index in [0.29, 0.717) is 5.69 Å². The molecule has 2 aromatic rings.